The lowest BCUT2D eigenvalue weighted by Gasteiger charge is -2.12. The van der Waals surface area contributed by atoms with Crippen LogP contribution in [0.1, 0.15) is 5.56 Å². The van der Waals surface area contributed by atoms with E-state index in [1.807, 2.05) is 0 Å². The average Bonchev–Trinajstić information content (AvgIpc) is 2.38. The van der Waals surface area contributed by atoms with Crippen LogP contribution in [0.15, 0.2) is 34.8 Å². The van der Waals surface area contributed by atoms with Gasteiger partial charge in [-0.25, -0.2) is 0 Å². The molecule has 0 aliphatic rings. The molecule has 2 aromatic rings. The standard InChI is InChI=1S/C13H8BrCl3N2O2/c14-8-3-11(16)13(12(17)4-8)18-6-7-1-2-9(19(20)21)5-10(7)15/h1-5,18H,6H2. The first-order chi connectivity index (χ1) is 9.88. The maximum Gasteiger partial charge on any atom is 0.270 e. The molecule has 0 unspecified atom stereocenters. The number of rotatable bonds is 4. The summed E-state index contributed by atoms with van der Waals surface area (Å²) in [7, 11) is 0. The topological polar surface area (TPSA) is 55.2 Å². The molecule has 8 heteroatoms. The third-order valence-corrected chi connectivity index (χ3v) is 4.12. The summed E-state index contributed by atoms with van der Waals surface area (Å²) in [6.45, 7) is 0.345. The van der Waals surface area contributed by atoms with Gasteiger partial charge in [0, 0.05) is 23.2 Å². The van der Waals surface area contributed by atoms with Crippen molar-refractivity contribution in [2.45, 2.75) is 6.54 Å². The molecule has 0 aliphatic heterocycles. The molecule has 1 N–H and O–H groups in total. The molecule has 0 bridgehead atoms. The van der Waals surface area contributed by atoms with Gasteiger partial charge in [0.15, 0.2) is 0 Å². The zero-order valence-corrected chi connectivity index (χ0v) is 14.2. The van der Waals surface area contributed by atoms with Gasteiger partial charge in [-0.1, -0.05) is 50.7 Å². The lowest BCUT2D eigenvalue weighted by molar-refractivity contribution is -0.384. The van der Waals surface area contributed by atoms with Crippen molar-refractivity contribution < 1.29 is 4.92 Å². The van der Waals surface area contributed by atoms with Gasteiger partial charge in [-0.15, -0.1) is 0 Å². The molecule has 110 valence electrons. The van der Waals surface area contributed by atoms with Crippen LogP contribution in [0.3, 0.4) is 0 Å². The van der Waals surface area contributed by atoms with Crippen LogP contribution in [-0.4, -0.2) is 4.92 Å². The number of benzene rings is 2. The summed E-state index contributed by atoms with van der Waals surface area (Å²) in [4.78, 5) is 10.2. The zero-order chi connectivity index (χ0) is 15.6. The van der Waals surface area contributed by atoms with Crippen LogP contribution < -0.4 is 5.32 Å². The van der Waals surface area contributed by atoms with Crippen molar-refractivity contribution in [3.63, 3.8) is 0 Å². The van der Waals surface area contributed by atoms with Crippen molar-refractivity contribution in [2.75, 3.05) is 5.32 Å². The Kier molecular flexibility index (Phi) is 5.32. The fourth-order valence-corrected chi connectivity index (χ4v) is 3.27. The third kappa shape index (κ3) is 4.01. The summed E-state index contributed by atoms with van der Waals surface area (Å²) in [6, 6.07) is 7.73. The van der Waals surface area contributed by atoms with Crippen molar-refractivity contribution in [1.29, 1.82) is 0 Å². The highest BCUT2D eigenvalue weighted by molar-refractivity contribution is 9.10. The summed E-state index contributed by atoms with van der Waals surface area (Å²) in [5.74, 6) is 0. The summed E-state index contributed by atoms with van der Waals surface area (Å²) in [6.07, 6.45) is 0. The molecule has 0 spiro atoms. The number of nitro groups is 1. The number of hydrogen-bond donors (Lipinski definition) is 1. The Morgan fingerprint density at radius 2 is 1.71 bits per heavy atom. The van der Waals surface area contributed by atoms with E-state index >= 15 is 0 Å². The van der Waals surface area contributed by atoms with Gasteiger partial charge in [0.1, 0.15) is 0 Å². The van der Waals surface area contributed by atoms with Gasteiger partial charge >= 0.3 is 0 Å². The molecule has 0 fully saturated rings. The minimum Gasteiger partial charge on any atom is -0.378 e. The number of hydrogen-bond acceptors (Lipinski definition) is 3. The van der Waals surface area contributed by atoms with Crippen molar-refractivity contribution in [1.82, 2.24) is 0 Å². The molecule has 0 atom stereocenters. The fourth-order valence-electron chi connectivity index (χ4n) is 1.69. The number of nitro benzene ring substituents is 1. The molecular formula is C13H8BrCl3N2O2. The van der Waals surface area contributed by atoms with Gasteiger partial charge in [-0.05, 0) is 23.8 Å². The maximum absolute atomic E-state index is 10.7. The Balaban J connectivity index is 2.19. The highest BCUT2D eigenvalue weighted by atomic mass is 79.9. The van der Waals surface area contributed by atoms with Crippen LogP contribution in [-0.2, 0) is 6.54 Å². The second kappa shape index (κ2) is 6.83. The molecule has 2 aromatic carbocycles. The molecule has 21 heavy (non-hydrogen) atoms. The zero-order valence-electron chi connectivity index (χ0n) is 10.4. The van der Waals surface area contributed by atoms with E-state index in [1.54, 1.807) is 18.2 Å². The van der Waals surface area contributed by atoms with Crippen molar-refractivity contribution in [2.24, 2.45) is 0 Å². The molecule has 0 amide bonds. The first-order valence-electron chi connectivity index (χ1n) is 5.69. The van der Waals surface area contributed by atoms with Crippen molar-refractivity contribution >= 4 is 62.1 Å². The van der Waals surface area contributed by atoms with E-state index < -0.39 is 4.92 Å². The second-order valence-electron chi connectivity index (χ2n) is 4.13. The van der Waals surface area contributed by atoms with Gasteiger partial charge in [0.2, 0.25) is 0 Å². The fraction of sp³-hybridized carbons (Fsp3) is 0.0769. The Hall–Kier alpha value is -1.01. The van der Waals surface area contributed by atoms with Gasteiger partial charge in [-0.3, -0.25) is 10.1 Å². The number of anilines is 1. The van der Waals surface area contributed by atoms with Crippen molar-refractivity contribution in [3.8, 4) is 0 Å². The number of nitrogens with zero attached hydrogens (tertiary/aromatic N) is 1. The van der Waals surface area contributed by atoms with E-state index in [1.165, 1.54) is 12.1 Å². The quantitative estimate of drug-likeness (QED) is 0.502. The molecule has 4 nitrogen and oxygen atoms in total. The minimum absolute atomic E-state index is 0.0524. The van der Waals surface area contributed by atoms with Gasteiger partial charge < -0.3 is 5.32 Å². The normalized spacial score (nSPS) is 10.5. The molecular weight excluding hydrogens is 402 g/mol. The summed E-state index contributed by atoms with van der Waals surface area (Å²) in [5, 5.41) is 15.0. The first kappa shape index (κ1) is 16.4. The van der Waals surface area contributed by atoms with Gasteiger partial charge in [0.25, 0.3) is 5.69 Å². The Morgan fingerprint density at radius 3 is 2.24 bits per heavy atom. The van der Waals surface area contributed by atoms with Crippen LogP contribution in [0.25, 0.3) is 0 Å². The van der Waals surface area contributed by atoms with Crippen LogP contribution >= 0.6 is 50.7 Å². The number of non-ortho nitro benzene ring substituents is 1. The van der Waals surface area contributed by atoms with E-state index in [0.717, 1.165) is 4.47 Å². The summed E-state index contributed by atoms with van der Waals surface area (Å²) >= 11 is 21.5. The first-order valence-corrected chi connectivity index (χ1v) is 7.62. The molecule has 0 heterocycles. The molecule has 0 aromatic heterocycles. The van der Waals surface area contributed by atoms with E-state index in [0.29, 0.717) is 32.9 Å². The predicted octanol–water partition coefficient (Wildman–Crippen LogP) is 5.93. The molecule has 0 aliphatic carbocycles. The molecule has 0 radical (unpaired) electrons. The molecule has 0 saturated heterocycles. The Morgan fingerprint density at radius 1 is 1.10 bits per heavy atom. The van der Waals surface area contributed by atoms with E-state index in [4.69, 9.17) is 34.8 Å². The van der Waals surface area contributed by atoms with Crippen LogP contribution in [0, 0.1) is 10.1 Å². The summed E-state index contributed by atoms with van der Waals surface area (Å²) < 4.78 is 0.774. The average molecular weight is 410 g/mol. The predicted molar refractivity (Wildman–Crippen MR) is 89.6 cm³/mol. The number of nitrogens with one attached hydrogen (secondary N) is 1. The van der Waals surface area contributed by atoms with E-state index in [2.05, 4.69) is 21.2 Å². The Bertz CT molecular complexity index is 687. The smallest absolute Gasteiger partial charge is 0.270 e. The Labute approximate surface area is 144 Å². The van der Waals surface area contributed by atoms with Crippen LogP contribution in [0.2, 0.25) is 15.1 Å². The lowest BCUT2D eigenvalue weighted by Crippen LogP contribution is -2.02. The van der Waals surface area contributed by atoms with Gasteiger partial charge in [0.05, 0.1) is 25.7 Å². The van der Waals surface area contributed by atoms with Crippen molar-refractivity contribution in [3.05, 3.63) is 65.6 Å². The highest BCUT2D eigenvalue weighted by Gasteiger charge is 2.11. The molecule has 0 saturated carbocycles. The minimum atomic E-state index is -0.494. The van der Waals surface area contributed by atoms with E-state index in [9.17, 15) is 10.1 Å². The SMILES string of the molecule is O=[N+]([O-])c1ccc(CNc2c(Cl)cc(Br)cc2Cl)c(Cl)c1. The monoisotopic (exact) mass is 408 g/mol. The third-order valence-electron chi connectivity index (χ3n) is 2.71. The second-order valence-corrected chi connectivity index (χ2v) is 6.27. The largest absolute Gasteiger partial charge is 0.378 e. The van der Waals surface area contributed by atoms with E-state index in [-0.39, 0.29) is 5.69 Å². The number of halogens is 4. The maximum atomic E-state index is 10.7. The van der Waals surface area contributed by atoms with Crippen LogP contribution in [0.4, 0.5) is 11.4 Å². The van der Waals surface area contributed by atoms with Crippen LogP contribution in [0.5, 0.6) is 0 Å². The highest BCUT2D eigenvalue weighted by Crippen LogP contribution is 2.34. The summed E-state index contributed by atoms with van der Waals surface area (Å²) in [5.41, 5.74) is 1.23. The molecule has 2 rings (SSSR count). The lowest BCUT2D eigenvalue weighted by atomic mass is 10.2. The van der Waals surface area contributed by atoms with Gasteiger partial charge in [-0.2, -0.15) is 0 Å².